The van der Waals surface area contributed by atoms with Crippen molar-refractivity contribution in [3.05, 3.63) is 13.8 Å². The Hall–Kier alpha value is 4.34. The summed E-state index contributed by atoms with van der Waals surface area (Å²) in [7, 11) is 0. The summed E-state index contributed by atoms with van der Waals surface area (Å²) in [5.41, 5.74) is 0. The van der Waals surface area contributed by atoms with E-state index < -0.39 is 0 Å². The van der Waals surface area contributed by atoms with E-state index in [4.69, 9.17) is 0 Å². The van der Waals surface area contributed by atoms with Gasteiger partial charge in [-0.15, -0.1) is 24.0 Å². The molecular formula is C4H13I6O-. The van der Waals surface area contributed by atoms with Crippen molar-refractivity contribution in [3.63, 3.8) is 0 Å². The first-order valence-corrected chi connectivity index (χ1v) is 20.7. The van der Waals surface area contributed by atoms with Crippen LogP contribution in [-0.2, 0) is 0 Å². The second kappa shape index (κ2) is 89.5. The van der Waals surface area contributed by atoms with E-state index in [-0.39, 0.29) is 30.9 Å². The number of halogens is 6. The number of hydrogen-bond acceptors (Lipinski definition) is 1. The molecule has 1 nitrogen and oxygen atoms in total. The minimum absolute atomic E-state index is 0. The van der Waals surface area contributed by atoms with Crippen molar-refractivity contribution in [1.82, 2.24) is 0 Å². The first-order valence-electron chi connectivity index (χ1n) is 1.84. The highest BCUT2D eigenvalue weighted by atomic mass is 128. The van der Waals surface area contributed by atoms with E-state index in [2.05, 4.69) is 88.3 Å². The summed E-state index contributed by atoms with van der Waals surface area (Å²) in [5.74, 6) is 0. The van der Waals surface area contributed by atoms with Crippen molar-refractivity contribution in [2.75, 3.05) is 0 Å². The molecule has 0 unspecified atom stereocenters. The molecule has 0 saturated heterocycles. The van der Waals surface area contributed by atoms with E-state index in [1.54, 1.807) is 13.8 Å². The number of hydrogen-bond donors (Lipinski definition) is 0. The molecule has 0 atom stereocenters. The Kier molecular flexibility index (Phi) is 294. The van der Waals surface area contributed by atoms with Gasteiger partial charge in [0, 0.05) is 37.2 Å². The van der Waals surface area contributed by atoms with Crippen LogP contribution in [0.4, 0.5) is 0 Å². The van der Waals surface area contributed by atoms with Gasteiger partial charge in [-0.3, -0.25) is 0 Å². The third-order valence-corrected chi connectivity index (χ3v) is 0. The zero-order chi connectivity index (χ0) is 8.71. The molecule has 0 aliphatic heterocycles. The quantitative estimate of drug-likeness (QED) is 0.273. The third-order valence-electron chi connectivity index (χ3n) is 0. The third kappa shape index (κ3) is 116. The lowest BCUT2D eigenvalue weighted by atomic mass is 11.0. The van der Waals surface area contributed by atoms with Gasteiger partial charge in [-0.2, -0.15) is 13.8 Å². The molecule has 0 spiro atoms. The fraction of sp³-hybridized carbons (Fsp3) is 0.500. The van der Waals surface area contributed by atoms with Crippen LogP contribution in [0.15, 0.2) is 0 Å². The summed E-state index contributed by atoms with van der Waals surface area (Å²) in [6.07, 6.45) is 0. The summed E-state index contributed by atoms with van der Waals surface area (Å²) in [6.45, 7) is 10.0. The molecule has 0 aromatic heterocycles. The predicted octanol–water partition coefficient (Wildman–Crippen LogP) is 2.78. The molecule has 0 fully saturated rings. The average Bonchev–Trinajstić information content (AvgIpc) is 2.01. The summed E-state index contributed by atoms with van der Waals surface area (Å²) >= 11 is 9.54. The molecule has 0 aliphatic rings. The predicted molar refractivity (Wildman–Crippen MR) is 96.6 cm³/mol. The van der Waals surface area contributed by atoms with Crippen LogP contribution in [0.1, 0.15) is 15.3 Å². The van der Waals surface area contributed by atoms with Crippen molar-refractivity contribution in [1.29, 1.82) is 0 Å². The SMILES string of the molecule is I.II.I[I+]I.[CH2-]C.[CH2-]C.[H+].[OH-]. The Morgan fingerprint density at radius 2 is 1.00 bits per heavy atom. The molecule has 1 N–H and O–H groups in total. The molecule has 0 saturated carbocycles. The van der Waals surface area contributed by atoms with Crippen LogP contribution >= 0.6 is 98.4 Å². The van der Waals surface area contributed by atoms with Gasteiger partial charge in [0.1, 0.15) is 0 Å². The van der Waals surface area contributed by atoms with E-state index in [9.17, 15) is 0 Å². The highest BCUT2D eigenvalue weighted by molar-refractivity contribution is 15.0. The Balaban J connectivity index is -0.00000000522. The van der Waals surface area contributed by atoms with Crippen molar-refractivity contribution in [2.24, 2.45) is 0 Å². The molecule has 0 amide bonds. The van der Waals surface area contributed by atoms with Gasteiger partial charge < -0.3 is 19.3 Å². The van der Waals surface area contributed by atoms with Gasteiger partial charge in [0.05, 0.1) is 0 Å². The topological polar surface area (TPSA) is 30.0 Å². The van der Waals surface area contributed by atoms with E-state index in [1.165, 1.54) is 0 Å². The molecule has 0 aliphatic carbocycles. The van der Waals surface area contributed by atoms with Crippen molar-refractivity contribution in [3.8, 4) is 0 Å². The maximum atomic E-state index is 3.25. The van der Waals surface area contributed by atoms with E-state index in [0.29, 0.717) is 13.3 Å². The Morgan fingerprint density at radius 3 is 1.00 bits per heavy atom. The summed E-state index contributed by atoms with van der Waals surface area (Å²) < 4.78 is 0. The second-order valence-corrected chi connectivity index (χ2v) is 16.3. The first kappa shape index (κ1) is 36.2. The van der Waals surface area contributed by atoms with Crippen LogP contribution in [0.25, 0.3) is 0 Å². The van der Waals surface area contributed by atoms with Gasteiger partial charge in [0.25, 0.3) is 37.2 Å². The Morgan fingerprint density at radius 1 is 1.00 bits per heavy atom. The van der Waals surface area contributed by atoms with Crippen molar-refractivity contribution < 1.29 is 20.2 Å². The highest BCUT2D eigenvalue weighted by Gasteiger charge is 1.77. The number of rotatable bonds is 0. The van der Waals surface area contributed by atoms with Crippen molar-refractivity contribution >= 4 is 98.4 Å². The first-order chi connectivity index (χ1) is 4.41. The van der Waals surface area contributed by atoms with Crippen LogP contribution in [0.3, 0.4) is 0 Å². The maximum Gasteiger partial charge on any atom is 1.00 e. The lowest BCUT2D eigenvalue weighted by Gasteiger charge is -1.27. The zero-order valence-electron chi connectivity index (χ0n) is 7.16. The monoisotopic (exact) mass is 839 g/mol. The molecule has 0 aromatic rings. The summed E-state index contributed by atoms with van der Waals surface area (Å²) in [4.78, 5) is 0. The second-order valence-electron chi connectivity index (χ2n) is 0.0540. The molecule has 0 bridgehead atoms. The minimum Gasteiger partial charge on any atom is -0.870 e. The molecule has 11 heavy (non-hydrogen) atoms. The van der Waals surface area contributed by atoms with Crippen molar-refractivity contribution in [2.45, 2.75) is 13.8 Å². The smallest absolute Gasteiger partial charge is 0.870 e. The minimum atomic E-state index is 0. The highest BCUT2D eigenvalue weighted by Crippen LogP contribution is 1.89. The van der Waals surface area contributed by atoms with E-state index in [0.717, 1.165) is 0 Å². The van der Waals surface area contributed by atoms with Gasteiger partial charge in [-0.1, -0.05) is 0 Å². The van der Waals surface area contributed by atoms with Crippen LogP contribution in [0.2, 0.25) is 0 Å². The van der Waals surface area contributed by atoms with Gasteiger partial charge in [-0.05, 0) is 0 Å². The standard InChI is InChI=1S/2C2H5.I3.I2.HI.H2O/c2*1-2;1-3-2;1-2;;/h2*1H2,2H3;;;1H;1H2/q2*-1;+1;;;. The fourth-order valence-electron chi connectivity index (χ4n) is 0. The molecule has 0 radical (unpaired) electrons. The Bertz CT molecular complexity index is 19.5. The van der Waals surface area contributed by atoms with Gasteiger partial charge in [0.15, 0.2) is 0 Å². The lowest BCUT2D eigenvalue weighted by Crippen LogP contribution is -3.46. The van der Waals surface area contributed by atoms with Crippen LogP contribution in [-0.4, -0.2) is 5.48 Å². The van der Waals surface area contributed by atoms with E-state index >= 15 is 0 Å². The molecule has 0 aromatic carbocycles. The van der Waals surface area contributed by atoms with Gasteiger partial charge >= 0.3 is 14.7 Å². The normalized spacial score (nSPS) is 3.27. The lowest BCUT2D eigenvalue weighted by molar-refractivity contribution is -0.141. The molecular weight excluding hydrogens is 825 g/mol. The zero-order valence-corrected chi connectivity index (χ0v) is 19.3. The van der Waals surface area contributed by atoms with Gasteiger partial charge in [-0.25, -0.2) is 0 Å². The van der Waals surface area contributed by atoms with Gasteiger partial charge in [0.2, 0.25) is 0 Å². The fourth-order valence-corrected chi connectivity index (χ4v) is 0. The largest absolute Gasteiger partial charge is 1.00 e. The molecule has 0 rings (SSSR count). The maximum absolute atomic E-state index is 3.25. The van der Waals surface area contributed by atoms with E-state index in [1.807, 2.05) is 0 Å². The summed E-state index contributed by atoms with van der Waals surface area (Å²) in [5, 5.41) is 0. The Labute approximate surface area is 143 Å². The molecule has 78 valence electrons. The molecule has 0 heterocycles. The molecule has 7 heteroatoms. The van der Waals surface area contributed by atoms with Crippen LogP contribution in [0, 0.1) is 13.8 Å². The van der Waals surface area contributed by atoms with Crippen LogP contribution < -0.4 is 13.3 Å². The van der Waals surface area contributed by atoms with Crippen LogP contribution in [0.5, 0.6) is 0 Å². The average molecular weight is 839 g/mol. The summed E-state index contributed by atoms with van der Waals surface area (Å²) in [6, 6.07) is 0.